The standard InChI is InChI=1S/C17H23NO4S.C2H6/c1-6-14(18-16(21)22-17(3,4)5)23-13-9-12(10-15(19)20)8-7-11(13)2;1-2/h6-9H,10H2,1-5H3,(H,18,21)(H,19,20);1-2H3/b14-6-;. The van der Waals surface area contributed by atoms with Crippen LogP contribution in [0.5, 0.6) is 0 Å². The quantitative estimate of drug-likeness (QED) is 0.706. The largest absolute Gasteiger partial charge is 0.481 e. The lowest BCUT2D eigenvalue weighted by molar-refractivity contribution is -0.136. The van der Waals surface area contributed by atoms with Crippen LogP contribution < -0.4 is 5.32 Å². The Bertz CT molecular complexity index is 618. The van der Waals surface area contributed by atoms with Crippen molar-refractivity contribution in [2.24, 2.45) is 0 Å². The third kappa shape index (κ3) is 9.82. The van der Waals surface area contributed by atoms with Gasteiger partial charge in [-0.05, 0) is 51.8 Å². The number of carbonyl (C=O) groups is 2. The number of ether oxygens (including phenoxy) is 1. The van der Waals surface area contributed by atoms with E-state index in [4.69, 9.17) is 9.84 Å². The second kappa shape index (κ2) is 10.8. The lowest BCUT2D eigenvalue weighted by Crippen LogP contribution is -2.31. The molecule has 0 fully saturated rings. The number of aliphatic carboxylic acids is 1. The van der Waals surface area contributed by atoms with Gasteiger partial charge in [0.15, 0.2) is 0 Å². The van der Waals surface area contributed by atoms with Crippen molar-refractivity contribution < 1.29 is 19.4 Å². The summed E-state index contributed by atoms with van der Waals surface area (Å²) < 4.78 is 5.23. The summed E-state index contributed by atoms with van der Waals surface area (Å²) in [5.41, 5.74) is 1.16. The van der Waals surface area contributed by atoms with Gasteiger partial charge in [0.1, 0.15) is 5.60 Å². The number of thioether (sulfide) groups is 1. The molecule has 140 valence electrons. The maximum atomic E-state index is 11.9. The predicted octanol–water partition coefficient (Wildman–Crippen LogP) is 5.13. The summed E-state index contributed by atoms with van der Waals surface area (Å²) in [6.45, 7) is 13.2. The van der Waals surface area contributed by atoms with E-state index in [-0.39, 0.29) is 6.42 Å². The summed E-state index contributed by atoms with van der Waals surface area (Å²) >= 11 is 1.37. The van der Waals surface area contributed by atoms with Crippen molar-refractivity contribution >= 4 is 23.8 Å². The van der Waals surface area contributed by atoms with Gasteiger partial charge in [0, 0.05) is 4.90 Å². The van der Waals surface area contributed by atoms with E-state index in [1.807, 2.05) is 39.8 Å². The van der Waals surface area contributed by atoms with E-state index >= 15 is 0 Å². The van der Waals surface area contributed by atoms with Gasteiger partial charge in [-0.2, -0.15) is 0 Å². The molecule has 0 atom stereocenters. The number of amides is 1. The summed E-state index contributed by atoms with van der Waals surface area (Å²) in [5, 5.41) is 12.2. The molecule has 1 rings (SSSR count). The van der Waals surface area contributed by atoms with Crippen molar-refractivity contribution in [1.29, 1.82) is 0 Å². The van der Waals surface area contributed by atoms with Gasteiger partial charge in [-0.3, -0.25) is 10.1 Å². The van der Waals surface area contributed by atoms with E-state index in [2.05, 4.69) is 5.32 Å². The number of hydrogen-bond acceptors (Lipinski definition) is 4. The Balaban J connectivity index is 0.00000277. The minimum absolute atomic E-state index is 0.0293. The molecule has 0 aliphatic heterocycles. The van der Waals surface area contributed by atoms with Gasteiger partial charge in [-0.1, -0.05) is 43.8 Å². The second-order valence-electron chi connectivity index (χ2n) is 6.05. The number of carbonyl (C=O) groups excluding carboxylic acids is 1. The minimum atomic E-state index is -0.872. The fraction of sp³-hybridized carbons (Fsp3) is 0.474. The van der Waals surface area contributed by atoms with Crippen LogP contribution in [0.15, 0.2) is 34.2 Å². The van der Waals surface area contributed by atoms with E-state index in [0.29, 0.717) is 5.03 Å². The Labute approximate surface area is 154 Å². The van der Waals surface area contributed by atoms with Crippen molar-refractivity contribution in [3.05, 3.63) is 40.4 Å². The molecule has 2 N–H and O–H groups in total. The zero-order valence-electron chi connectivity index (χ0n) is 16.1. The summed E-state index contributed by atoms with van der Waals surface area (Å²) in [7, 11) is 0. The number of carboxylic acids is 1. The third-order valence-electron chi connectivity index (χ3n) is 2.71. The van der Waals surface area contributed by atoms with Crippen LogP contribution in [-0.4, -0.2) is 22.8 Å². The molecule has 0 radical (unpaired) electrons. The molecule has 0 bridgehead atoms. The minimum Gasteiger partial charge on any atom is -0.481 e. The first kappa shape index (κ1) is 23.1. The van der Waals surface area contributed by atoms with Crippen molar-refractivity contribution in [1.82, 2.24) is 5.32 Å². The zero-order chi connectivity index (χ0) is 19.6. The van der Waals surface area contributed by atoms with Crippen molar-refractivity contribution in [2.45, 2.75) is 65.4 Å². The Morgan fingerprint density at radius 2 is 1.88 bits per heavy atom. The molecule has 5 nitrogen and oxygen atoms in total. The van der Waals surface area contributed by atoms with Crippen LogP contribution >= 0.6 is 11.8 Å². The molecule has 0 unspecified atom stereocenters. The molecular weight excluding hydrogens is 338 g/mol. The SMILES string of the molecule is C/C=C(/NC(=O)OC(C)(C)C)Sc1cc(CC(=O)O)ccc1C.CC. The number of alkyl carbamates (subject to hydrolysis) is 1. The average molecular weight is 368 g/mol. The lowest BCUT2D eigenvalue weighted by Gasteiger charge is -2.20. The lowest BCUT2D eigenvalue weighted by atomic mass is 10.1. The van der Waals surface area contributed by atoms with E-state index in [9.17, 15) is 9.59 Å². The highest BCUT2D eigenvalue weighted by Crippen LogP contribution is 2.29. The Kier molecular flexibility index (Phi) is 9.98. The number of aryl methyl sites for hydroxylation is 1. The fourth-order valence-electron chi connectivity index (χ4n) is 1.72. The molecule has 1 amide bonds. The summed E-state index contributed by atoms with van der Waals surface area (Å²) in [5.74, 6) is -0.872. The Hall–Kier alpha value is -1.95. The van der Waals surface area contributed by atoms with E-state index in [0.717, 1.165) is 16.0 Å². The third-order valence-corrected chi connectivity index (χ3v) is 3.93. The number of allylic oxidation sites excluding steroid dienone is 1. The Morgan fingerprint density at radius 3 is 2.36 bits per heavy atom. The van der Waals surface area contributed by atoms with Crippen LogP contribution in [0.25, 0.3) is 0 Å². The molecular formula is C19H29NO4S. The topological polar surface area (TPSA) is 75.6 Å². The van der Waals surface area contributed by atoms with Crippen LogP contribution in [0, 0.1) is 6.92 Å². The number of rotatable bonds is 5. The maximum absolute atomic E-state index is 11.9. The van der Waals surface area contributed by atoms with E-state index in [1.54, 1.807) is 32.9 Å². The molecule has 1 aromatic carbocycles. The van der Waals surface area contributed by atoms with Gasteiger partial charge >= 0.3 is 12.1 Å². The van der Waals surface area contributed by atoms with Gasteiger partial charge in [0.05, 0.1) is 11.4 Å². The number of hydrogen-bond donors (Lipinski definition) is 2. The van der Waals surface area contributed by atoms with Gasteiger partial charge in [0.2, 0.25) is 0 Å². The summed E-state index contributed by atoms with van der Waals surface area (Å²) in [6.07, 6.45) is 1.23. The first-order valence-electron chi connectivity index (χ1n) is 8.26. The smallest absolute Gasteiger partial charge is 0.412 e. The van der Waals surface area contributed by atoms with E-state index in [1.165, 1.54) is 11.8 Å². The molecule has 1 aromatic rings. The molecule has 0 spiro atoms. The van der Waals surface area contributed by atoms with Crippen molar-refractivity contribution in [3.8, 4) is 0 Å². The van der Waals surface area contributed by atoms with Gasteiger partial charge in [-0.15, -0.1) is 0 Å². The number of nitrogens with one attached hydrogen (secondary N) is 1. The molecule has 6 heteroatoms. The predicted molar refractivity (Wildman–Crippen MR) is 103 cm³/mol. The fourth-order valence-corrected chi connectivity index (χ4v) is 2.65. The highest BCUT2D eigenvalue weighted by Gasteiger charge is 2.17. The molecule has 0 saturated heterocycles. The first-order chi connectivity index (χ1) is 11.6. The van der Waals surface area contributed by atoms with Gasteiger partial charge in [-0.25, -0.2) is 4.79 Å². The zero-order valence-corrected chi connectivity index (χ0v) is 16.9. The molecule has 0 saturated carbocycles. The summed E-state index contributed by atoms with van der Waals surface area (Å²) in [6, 6.07) is 5.50. The monoisotopic (exact) mass is 367 g/mol. The highest BCUT2D eigenvalue weighted by molar-refractivity contribution is 8.03. The normalized spacial score (nSPS) is 11.2. The van der Waals surface area contributed by atoms with Crippen LogP contribution in [0.2, 0.25) is 0 Å². The summed E-state index contributed by atoms with van der Waals surface area (Å²) in [4.78, 5) is 23.6. The first-order valence-corrected chi connectivity index (χ1v) is 9.08. The molecule has 0 aromatic heterocycles. The molecule has 0 aliphatic rings. The van der Waals surface area contributed by atoms with E-state index < -0.39 is 17.7 Å². The number of carboxylic acid groups (broad SMARTS) is 1. The second-order valence-corrected chi connectivity index (χ2v) is 7.14. The maximum Gasteiger partial charge on any atom is 0.412 e. The molecule has 0 aliphatic carbocycles. The van der Waals surface area contributed by atoms with Crippen LogP contribution in [0.1, 0.15) is 52.7 Å². The van der Waals surface area contributed by atoms with Crippen molar-refractivity contribution in [2.75, 3.05) is 0 Å². The molecule has 0 heterocycles. The van der Waals surface area contributed by atoms with Crippen LogP contribution in [0.3, 0.4) is 0 Å². The highest BCUT2D eigenvalue weighted by atomic mass is 32.2. The van der Waals surface area contributed by atoms with Gasteiger partial charge in [0.25, 0.3) is 0 Å². The average Bonchev–Trinajstić information content (AvgIpc) is 2.49. The van der Waals surface area contributed by atoms with Gasteiger partial charge < -0.3 is 9.84 Å². The van der Waals surface area contributed by atoms with Crippen molar-refractivity contribution in [3.63, 3.8) is 0 Å². The molecule has 25 heavy (non-hydrogen) atoms. The van der Waals surface area contributed by atoms with Crippen LogP contribution in [0.4, 0.5) is 4.79 Å². The number of benzene rings is 1. The van der Waals surface area contributed by atoms with Crippen LogP contribution in [-0.2, 0) is 16.0 Å². The Morgan fingerprint density at radius 1 is 1.28 bits per heavy atom.